The fraction of sp³-hybridized carbons (Fsp3) is 0.226. The predicted octanol–water partition coefficient (Wildman–Crippen LogP) is 6.98. The number of carboxylic acids is 1. The van der Waals surface area contributed by atoms with Gasteiger partial charge in [-0.1, -0.05) is 66.7 Å². The number of oxazole rings is 1. The van der Waals surface area contributed by atoms with E-state index < -0.39 is 5.97 Å². The number of nitrogens with zero attached hydrogens (tertiary/aromatic N) is 2. The minimum absolute atomic E-state index is 0.188. The highest BCUT2D eigenvalue weighted by molar-refractivity contribution is 5.97. The average molecular weight is 495 g/mol. The molecule has 0 saturated heterocycles. The zero-order valence-corrected chi connectivity index (χ0v) is 20.7. The highest BCUT2D eigenvalue weighted by atomic mass is 16.5. The van der Waals surface area contributed by atoms with Crippen molar-refractivity contribution >= 4 is 33.9 Å². The molecule has 6 heteroatoms. The lowest BCUT2D eigenvalue weighted by molar-refractivity contribution is 0.0692. The van der Waals surface area contributed by atoms with E-state index in [9.17, 15) is 9.90 Å². The summed E-state index contributed by atoms with van der Waals surface area (Å²) in [5.41, 5.74) is 3.14. The molecule has 0 spiro atoms. The zero-order chi connectivity index (χ0) is 25.5. The van der Waals surface area contributed by atoms with Crippen LogP contribution in [0.1, 0.15) is 35.2 Å². The number of anilines is 1. The second-order valence-electron chi connectivity index (χ2n) is 9.10. The van der Waals surface area contributed by atoms with Crippen molar-refractivity contribution in [2.45, 2.75) is 25.7 Å². The molecule has 5 aromatic rings. The van der Waals surface area contributed by atoms with E-state index in [0.29, 0.717) is 18.4 Å². The second-order valence-corrected chi connectivity index (χ2v) is 9.10. The topological polar surface area (TPSA) is 75.8 Å². The van der Waals surface area contributed by atoms with Crippen LogP contribution in [0.15, 0.2) is 95.4 Å². The fourth-order valence-electron chi connectivity index (χ4n) is 4.51. The van der Waals surface area contributed by atoms with Crippen molar-refractivity contribution in [1.82, 2.24) is 4.98 Å². The van der Waals surface area contributed by atoms with Crippen molar-refractivity contribution in [1.29, 1.82) is 0 Å². The number of aryl methyl sites for hydroxylation is 1. The van der Waals surface area contributed by atoms with E-state index in [0.717, 1.165) is 60.6 Å². The zero-order valence-electron chi connectivity index (χ0n) is 20.7. The van der Waals surface area contributed by atoms with Gasteiger partial charge in [-0.2, -0.15) is 4.98 Å². The van der Waals surface area contributed by atoms with Gasteiger partial charge in [-0.3, -0.25) is 0 Å². The number of carbonyl (C=O) groups is 1. The first kappa shape index (κ1) is 24.4. The van der Waals surface area contributed by atoms with Crippen molar-refractivity contribution in [3.05, 3.63) is 102 Å². The van der Waals surface area contributed by atoms with Gasteiger partial charge in [0, 0.05) is 13.1 Å². The van der Waals surface area contributed by atoms with E-state index in [2.05, 4.69) is 29.2 Å². The molecule has 4 aromatic carbocycles. The Morgan fingerprint density at radius 1 is 0.838 bits per heavy atom. The van der Waals surface area contributed by atoms with E-state index >= 15 is 0 Å². The van der Waals surface area contributed by atoms with E-state index in [1.807, 2.05) is 60.7 Å². The van der Waals surface area contributed by atoms with Gasteiger partial charge < -0.3 is 19.2 Å². The van der Waals surface area contributed by atoms with Gasteiger partial charge in [-0.15, -0.1) is 0 Å². The van der Waals surface area contributed by atoms with E-state index in [-0.39, 0.29) is 5.56 Å². The third kappa shape index (κ3) is 6.09. The molecule has 0 unspecified atom stereocenters. The normalized spacial score (nSPS) is 11.1. The molecule has 0 aliphatic heterocycles. The van der Waals surface area contributed by atoms with Crippen LogP contribution in [0.3, 0.4) is 0 Å². The molecule has 0 aliphatic carbocycles. The SMILES string of the molecule is O=C(O)c1cc2ccccc2cc1OCCCCN(CCCc1ccccc1)c1nc2ccccc2o1. The minimum atomic E-state index is -0.985. The van der Waals surface area contributed by atoms with Gasteiger partial charge in [-0.05, 0) is 66.3 Å². The number of aromatic carboxylic acids is 1. The molecule has 5 rings (SSSR count). The molecule has 0 saturated carbocycles. The molecule has 6 nitrogen and oxygen atoms in total. The average Bonchev–Trinajstić information content (AvgIpc) is 3.36. The summed E-state index contributed by atoms with van der Waals surface area (Å²) in [7, 11) is 0. The number of rotatable bonds is 12. The first-order valence-corrected chi connectivity index (χ1v) is 12.7. The smallest absolute Gasteiger partial charge is 0.339 e. The van der Waals surface area contributed by atoms with Crippen LogP contribution in [0.5, 0.6) is 5.75 Å². The van der Waals surface area contributed by atoms with Crippen molar-refractivity contribution in [3.8, 4) is 5.75 Å². The van der Waals surface area contributed by atoms with Gasteiger partial charge in [-0.25, -0.2) is 4.79 Å². The number of carboxylic acid groups (broad SMARTS) is 1. The molecule has 0 radical (unpaired) electrons. The highest BCUT2D eigenvalue weighted by Crippen LogP contribution is 2.27. The number of aromatic nitrogens is 1. The summed E-state index contributed by atoms with van der Waals surface area (Å²) in [5.74, 6) is -0.578. The number of hydrogen-bond acceptors (Lipinski definition) is 5. The van der Waals surface area contributed by atoms with Gasteiger partial charge in [0.2, 0.25) is 0 Å². The van der Waals surface area contributed by atoms with E-state index in [1.54, 1.807) is 6.07 Å². The number of unbranched alkanes of at least 4 members (excludes halogenated alkanes) is 1. The first-order valence-electron chi connectivity index (χ1n) is 12.7. The Labute approximate surface area is 216 Å². The molecule has 1 aromatic heterocycles. The molecule has 0 amide bonds. The number of benzene rings is 4. The third-order valence-electron chi connectivity index (χ3n) is 6.45. The molecule has 0 fully saturated rings. The Hall–Kier alpha value is -4.32. The number of hydrogen-bond donors (Lipinski definition) is 1. The van der Waals surface area contributed by atoms with Gasteiger partial charge in [0.25, 0.3) is 6.01 Å². The molecule has 1 N–H and O–H groups in total. The lowest BCUT2D eigenvalue weighted by atomic mass is 10.1. The van der Waals surface area contributed by atoms with E-state index in [4.69, 9.17) is 14.1 Å². The van der Waals surface area contributed by atoms with E-state index in [1.165, 1.54) is 5.56 Å². The monoisotopic (exact) mass is 494 g/mol. The fourth-order valence-corrected chi connectivity index (χ4v) is 4.51. The Balaban J connectivity index is 1.20. The Bertz CT molecular complexity index is 1450. The van der Waals surface area contributed by atoms with Crippen LogP contribution in [0.25, 0.3) is 21.9 Å². The Kier molecular flexibility index (Phi) is 7.65. The summed E-state index contributed by atoms with van der Waals surface area (Å²) >= 11 is 0. The van der Waals surface area contributed by atoms with Crippen molar-refractivity contribution < 1.29 is 19.1 Å². The van der Waals surface area contributed by atoms with Gasteiger partial charge in [0.05, 0.1) is 6.61 Å². The van der Waals surface area contributed by atoms with Gasteiger partial charge >= 0.3 is 5.97 Å². The summed E-state index contributed by atoms with van der Waals surface area (Å²) in [5, 5.41) is 11.5. The van der Waals surface area contributed by atoms with Crippen LogP contribution in [0.4, 0.5) is 6.01 Å². The lowest BCUT2D eigenvalue weighted by Gasteiger charge is -2.20. The van der Waals surface area contributed by atoms with Crippen LogP contribution < -0.4 is 9.64 Å². The largest absolute Gasteiger partial charge is 0.493 e. The van der Waals surface area contributed by atoms with Gasteiger partial charge in [0.15, 0.2) is 5.58 Å². The maximum atomic E-state index is 11.8. The first-order chi connectivity index (χ1) is 18.2. The molecule has 188 valence electrons. The van der Waals surface area contributed by atoms with Crippen LogP contribution in [-0.4, -0.2) is 35.8 Å². The minimum Gasteiger partial charge on any atom is -0.493 e. The molecule has 0 bridgehead atoms. The maximum absolute atomic E-state index is 11.8. The lowest BCUT2D eigenvalue weighted by Crippen LogP contribution is -2.26. The molecule has 1 heterocycles. The molecule has 0 aliphatic rings. The van der Waals surface area contributed by atoms with Crippen LogP contribution in [-0.2, 0) is 6.42 Å². The van der Waals surface area contributed by atoms with Crippen molar-refractivity contribution in [2.75, 3.05) is 24.6 Å². The molecular formula is C31H30N2O4. The summed E-state index contributed by atoms with van der Waals surface area (Å²) < 4.78 is 12.0. The van der Waals surface area contributed by atoms with Crippen molar-refractivity contribution in [3.63, 3.8) is 0 Å². The Morgan fingerprint density at radius 3 is 2.32 bits per heavy atom. The van der Waals surface area contributed by atoms with Crippen molar-refractivity contribution in [2.24, 2.45) is 0 Å². The Morgan fingerprint density at radius 2 is 1.54 bits per heavy atom. The van der Waals surface area contributed by atoms with Crippen LogP contribution in [0.2, 0.25) is 0 Å². The quantitative estimate of drug-likeness (QED) is 0.189. The highest BCUT2D eigenvalue weighted by Gasteiger charge is 2.15. The molecular weight excluding hydrogens is 464 g/mol. The third-order valence-corrected chi connectivity index (χ3v) is 6.45. The number of para-hydroxylation sites is 2. The molecule has 0 atom stereocenters. The second kappa shape index (κ2) is 11.6. The molecule has 37 heavy (non-hydrogen) atoms. The summed E-state index contributed by atoms with van der Waals surface area (Å²) in [4.78, 5) is 18.7. The summed E-state index contributed by atoms with van der Waals surface area (Å²) in [6.45, 7) is 2.04. The standard InChI is InChI=1S/C31H30N2O4/c34-30(35)26-21-24-14-4-5-15-25(24)22-29(26)36-20-9-8-18-33(19-10-13-23-11-2-1-3-12-23)31-32-27-16-6-7-17-28(27)37-31/h1-7,11-12,14-17,21-22H,8-10,13,18-20H2,(H,34,35). The number of ether oxygens (including phenoxy) is 1. The summed E-state index contributed by atoms with van der Waals surface area (Å²) in [6, 6.07) is 30.1. The predicted molar refractivity (Wildman–Crippen MR) is 147 cm³/mol. The number of fused-ring (bicyclic) bond motifs is 2. The van der Waals surface area contributed by atoms with Crippen LogP contribution >= 0.6 is 0 Å². The summed E-state index contributed by atoms with van der Waals surface area (Å²) in [6.07, 6.45) is 3.61. The maximum Gasteiger partial charge on any atom is 0.339 e. The van der Waals surface area contributed by atoms with Crippen LogP contribution in [0, 0.1) is 0 Å². The van der Waals surface area contributed by atoms with Gasteiger partial charge in [0.1, 0.15) is 16.8 Å².